The first-order valence-corrected chi connectivity index (χ1v) is 9.32. The maximum atomic E-state index is 13.0. The second-order valence-corrected chi connectivity index (χ2v) is 7.43. The summed E-state index contributed by atoms with van der Waals surface area (Å²) >= 11 is 8.52. The number of aromatic nitrogens is 1. The SMILES string of the molecule is CC1=C(C(=O)Nc2cc(C)on2)[C@@H](c2ccc(Br)c([N+](=O)[O-])c2)NC(=S)N1C. The van der Waals surface area contributed by atoms with Gasteiger partial charge < -0.3 is 20.1 Å². The largest absolute Gasteiger partial charge is 0.360 e. The first kappa shape index (κ1) is 20.0. The van der Waals surface area contributed by atoms with E-state index in [9.17, 15) is 14.9 Å². The lowest BCUT2D eigenvalue weighted by atomic mass is 9.94. The molecule has 0 spiro atoms. The Morgan fingerprint density at radius 3 is 2.75 bits per heavy atom. The molecule has 0 radical (unpaired) electrons. The Balaban J connectivity index is 2.05. The first-order valence-electron chi connectivity index (χ1n) is 8.12. The molecule has 0 fully saturated rings. The van der Waals surface area contributed by atoms with Gasteiger partial charge in [-0.3, -0.25) is 14.9 Å². The molecular formula is C17H16BrN5O4S. The van der Waals surface area contributed by atoms with E-state index in [4.69, 9.17) is 16.7 Å². The molecule has 3 rings (SSSR count). The minimum Gasteiger partial charge on any atom is -0.360 e. The van der Waals surface area contributed by atoms with Crippen molar-refractivity contribution in [1.82, 2.24) is 15.4 Å². The second kappa shape index (κ2) is 7.68. The lowest BCUT2D eigenvalue weighted by Crippen LogP contribution is -2.46. The molecule has 0 saturated heterocycles. The van der Waals surface area contributed by atoms with Crippen molar-refractivity contribution < 1.29 is 14.2 Å². The van der Waals surface area contributed by atoms with Crippen LogP contribution >= 0.6 is 28.1 Å². The lowest BCUT2D eigenvalue weighted by Gasteiger charge is -2.35. The maximum Gasteiger partial charge on any atom is 0.283 e. The number of carbonyl (C=O) groups is 1. The Bertz CT molecular complexity index is 1020. The number of allylic oxidation sites excluding steroid dienone is 1. The fourth-order valence-corrected chi connectivity index (χ4v) is 3.48. The van der Waals surface area contributed by atoms with Crippen LogP contribution in [0.4, 0.5) is 11.5 Å². The van der Waals surface area contributed by atoms with Crippen LogP contribution in [0.5, 0.6) is 0 Å². The predicted octanol–water partition coefficient (Wildman–Crippen LogP) is 3.43. The maximum absolute atomic E-state index is 13.0. The number of carbonyl (C=O) groups excluding carboxylic acids is 1. The molecule has 0 saturated carbocycles. The number of nitrogens with zero attached hydrogens (tertiary/aromatic N) is 3. The molecule has 11 heteroatoms. The van der Waals surface area contributed by atoms with Crippen molar-refractivity contribution in [2.75, 3.05) is 12.4 Å². The average molecular weight is 466 g/mol. The number of hydrogen-bond acceptors (Lipinski definition) is 6. The van der Waals surface area contributed by atoms with Crippen molar-refractivity contribution in [2.45, 2.75) is 19.9 Å². The van der Waals surface area contributed by atoms with Gasteiger partial charge >= 0.3 is 0 Å². The summed E-state index contributed by atoms with van der Waals surface area (Å²) in [5, 5.41) is 21.3. The van der Waals surface area contributed by atoms with Crippen molar-refractivity contribution >= 4 is 50.7 Å². The normalized spacial score (nSPS) is 16.8. The molecule has 2 heterocycles. The van der Waals surface area contributed by atoms with Gasteiger partial charge in [-0.05, 0) is 53.6 Å². The highest BCUT2D eigenvalue weighted by Gasteiger charge is 2.33. The van der Waals surface area contributed by atoms with Crippen LogP contribution in [0.1, 0.15) is 24.3 Å². The predicted molar refractivity (Wildman–Crippen MR) is 110 cm³/mol. The number of anilines is 1. The molecule has 28 heavy (non-hydrogen) atoms. The molecule has 9 nitrogen and oxygen atoms in total. The van der Waals surface area contributed by atoms with E-state index in [1.165, 1.54) is 6.07 Å². The Kier molecular flexibility index (Phi) is 5.47. The van der Waals surface area contributed by atoms with E-state index in [0.29, 0.717) is 32.2 Å². The molecule has 0 unspecified atom stereocenters. The number of halogens is 1. The van der Waals surface area contributed by atoms with Gasteiger partial charge in [0.15, 0.2) is 10.9 Å². The highest BCUT2D eigenvalue weighted by molar-refractivity contribution is 9.10. The summed E-state index contributed by atoms with van der Waals surface area (Å²) in [6.07, 6.45) is 0. The zero-order valence-electron chi connectivity index (χ0n) is 15.1. The Labute approximate surface area is 174 Å². The third-order valence-corrected chi connectivity index (χ3v) is 5.43. The van der Waals surface area contributed by atoms with Crippen LogP contribution in [0.2, 0.25) is 0 Å². The summed E-state index contributed by atoms with van der Waals surface area (Å²) in [5.41, 5.74) is 1.42. The summed E-state index contributed by atoms with van der Waals surface area (Å²) < 4.78 is 5.33. The second-order valence-electron chi connectivity index (χ2n) is 6.19. The molecule has 0 bridgehead atoms. The molecule has 1 amide bonds. The molecule has 146 valence electrons. The third kappa shape index (κ3) is 3.76. The first-order chi connectivity index (χ1) is 13.2. The molecule has 1 aliphatic heterocycles. The van der Waals surface area contributed by atoms with E-state index in [0.717, 1.165) is 0 Å². The zero-order chi connectivity index (χ0) is 20.6. The Morgan fingerprint density at radius 1 is 1.43 bits per heavy atom. The summed E-state index contributed by atoms with van der Waals surface area (Å²) in [6.45, 7) is 3.47. The van der Waals surface area contributed by atoms with Crippen molar-refractivity contribution in [3.05, 3.63) is 61.4 Å². The Morgan fingerprint density at radius 2 is 2.14 bits per heavy atom. The van der Waals surface area contributed by atoms with Crippen molar-refractivity contribution in [1.29, 1.82) is 0 Å². The van der Waals surface area contributed by atoms with Gasteiger partial charge in [0.25, 0.3) is 11.6 Å². The number of nitro groups is 1. The standard InChI is InChI=1S/C17H16BrN5O4S/c1-8-6-13(21-27-8)19-16(24)14-9(2)22(3)17(28)20-15(14)10-4-5-11(18)12(7-10)23(25)26/h4-7,15H,1-3H3,(H,20,28)(H,19,21,24)/t15-/m1/s1. The smallest absolute Gasteiger partial charge is 0.283 e. The fraction of sp³-hybridized carbons (Fsp3) is 0.235. The van der Waals surface area contributed by atoms with Crippen LogP contribution in [0, 0.1) is 17.0 Å². The van der Waals surface area contributed by atoms with Crippen LogP contribution in [0.25, 0.3) is 0 Å². The van der Waals surface area contributed by atoms with E-state index in [1.54, 1.807) is 44.0 Å². The van der Waals surface area contributed by atoms with Crippen molar-refractivity contribution in [3.63, 3.8) is 0 Å². The zero-order valence-corrected chi connectivity index (χ0v) is 17.6. The number of thiocarbonyl (C=S) groups is 1. The van der Waals surface area contributed by atoms with Crippen molar-refractivity contribution in [3.8, 4) is 0 Å². The molecule has 0 aliphatic carbocycles. The van der Waals surface area contributed by atoms with Gasteiger partial charge in [0, 0.05) is 24.9 Å². The molecule has 1 aromatic heterocycles. The quantitative estimate of drug-likeness (QED) is 0.400. The number of aryl methyl sites for hydroxylation is 1. The minimum atomic E-state index is -0.663. The van der Waals surface area contributed by atoms with Gasteiger partial charge in [-0.1, -0.05) is 11.2 Å². The van der Waals surface area contributed by atoms with Gasteiger partial charge in [0.05, 0.1) is 21.0 Å². The van der Waals surface area contributed by atoms with Gasteiger partial charge in [-0.2, -0.15) is 0 Å². The van der Waals surface area contributed by atoms with E-state index in [1.807, 2.05) is 0 Å². The average Bonchev–Trinajstić information content (AvgIpc) is 3.04. The highest BCUT2D eigenvalue weighted by atomic mass is 79.9. The molecule has 1 aromatic carbocycles. The summed E-state index contributed by atoms with van der Waals surface area (Å²) in [5.74, 6) is 0.420. The van der Waals surface area contributed by atoms with E-state index in [2.05, 4.69) is 31.7 Å². The van der Waals surface area contributed by atoms with Crippen LogP contribution in [-0.2, 0) is 4.79 Å². The monoisotopic (exact) mass is 465 g/mol. The van der Waals surface area contributed by atoms with Gasteiger partial charge in [-0.25, -0.2) is 0 Å². The number of rotatable bonds is 4. The van der Waals surface area contributed by atoms with Crippen molar-refractivity contribution in [2.24, 2.45) is 0 Å². The third-order valence-electron chi connectivity index (χ3n) is 4.37. The lowest BCUT2D eigenvalue weighted by molar-refractivity contribution is -0.385. The summed E-state index contributed by atoms with van der Waals surface area (Å²) in [7, 11) is 1.73. The fourth-order valence-electron chi connectivity index (χ4n) is 2.84. The number of hydrogen-bond donors (Lipinski definition) is 2. The van der Waals surface area contributed by atoms with Gasteiger partial charge in [0.1, 0.15) is 5.76 Å². The van der Waals surface area contributed by atoms with Crippen LogP contribution in [-0.4, -0.2) is 33.0 Å². The van der Waals surface area contributed by atoms with Gasteiger partial charge in [0.2, 0.25) is 0 Å². The van der Waals surface area contributed by atoms with Crippen LogP contribution in [0.3, 0.4) is 0 Å². The number of nitro benzene ring substituents is 1. The molecule has 1 atom stereocenters. The molecule has 1 aliphatic rings. The topological polar surface area (TPSA) is 114 Å². The molecule has 2 aromatic rings. The molecule has 2 N–H and O–H groups in total. The highest BCUT2D eigenvalue weighted by Crippen LogP contribution is 2.34. The number of amides is 1. The van der Waals surface area contributed by atoms with E-state index < -0.39 is 16.9 Å². The van der Waals surface area contributed by atoms with E-state index >= 15 is 0 Å². The number of benzene rings is 1. The van der Waals surface area contributed by atoms with Crippen LogP contribution < -0.4 is 10.6 Å². The van der Waals surface area contributed by atoms with Gasteiger partial charge in [-0.15, -0.1) is 0 Å². The summed E-state index contributed by atoms with van der Waals surface area (Å²) in [6, 6.07) is 5.61. The van der Waals surface area contributed by atoms with Crippen LogP contribution in [0.15, 0.2) is 44.5 Å². The number of nitrogens with one attached hydrogen (secondary N) is 2. The van der Waals surface area contributed by atoms with E-state index in [-0.39, 0.29) is 11.5 Å². The molecular weight excluding hydrogens is 450 g/mol. The Hall–Kier alpha value is -2.79. The summed E-state index contributed by atoms with van der Waals surface area (Å²) in [4.78, 5) is 25.5. The minimum absolute atomic E-state index is 0.103.